The van der Waals surface area contributed by atoms with Crippen LogP contribution in [0.25, 0.3) is 64.0 Å². The van der Waals surface area contributed by atoms with Crippen LogP contribution in [0, 0.1) is 0 Å². The van der Waals surface area contributed by atoms with Crippen LogP contribution in [0.5, 0.6) is 0 Å². The smallest absolute Gasteiger partial charge is 0.0540 e. The molecule has 0 radical (unpaired) electrons. The quantitative estimate of drug-likeness (QED) is 0.142. The molecule has 0 aliphatic heterocycles. The number of thiophene rings is 1. The Kier molecular flexibility index (Phi) is 8.72. The predicted molar refractivity (Wildman–Crippen MR) is 255 cm³/mol. The molecular weight excluding hydrogens is 733 g/mol. The van der Waals surface area contributed by atoms with Crippen molar-refractivity contribution < 1.29 is 0 Å². The molecule has 0 aliphatic rings. The van der Waals surface area contributed by atoms with Gasteiger partial charge in [0.25, 0.3) is 0 Å². The predicted octanol–water partition coefficient (Wildman–Crippen LogP) is 16.6. The summed E-state index contributed by atoms with van der Waals surface area (Å²) in [5.74, 6) is 0. The zero-order chi connectivity index (χ0) is 39.1. The van der Waals surface area contributed by atoms with Gasteiger partial charge in [0, 0.05) is 59.6 Å². The second-order valence-electron chi connectivity index (χ2n) is 14.9. The van der Waals surface area contributed by atoms with Crippen molar-refractivity contribution in [2.45, 2.75) is 0 Å². The summed E-state index contributed by atoms with van der Waals surface area (Å²) in [6.07, 6.45) is 0. The topological polar surface area (TPSA) is 6.48 Å². The van der Waals surface area contributed by atoms with Gasteiger partial charge >= 0.3 is 0 Å². The van der Waals surface area contributed by atoms with E-state index in [2.05, 4.69) is 240 Å². The van der Waals surface area contributed by atoms with Crippen LogP contribution in [-0.4, -0.2) is 0 Å². The molecule has 2 nitrogen and oxygen atoms in total. The van der Waals surface area contributed by atoms with Crippen LogP contribution in [0.15, 0.2) is 231 Å². The summed E-state index contributed by atoms with van der Waals surface area (Å²) in [6.45, 7) is 0. The van der Waals surface area contributed by atoms with E-state index < -0.39 is 0 Å². The molecule has 3 heteroatoms. The van der Waals surface area contributed by atoms with Crippen molar-refractivity contribution >= 4 is 87.2 Å². The lowest BCUT2D eigenvalue weighted by Gasteiger charge is -2.28. The van der Waals surface area contributed by atoms with Crippen LogP contribution in [0.2, 0.25) is 0 Å². The minimum Gasteiger partial charge on any atom is -0.310 e. The zero-order valence-electron chi connectivity index (χ0n) is 32.2. The maximum absolute atomic E-state index is 2.40. The van der Waals surface area contributed by atoms with E-state index >= 15 is 0 Å². The SMILES string of the molecule is c1ccc(-c2ccccc2N(c2ccccc2)c2ccc(-c3ccc4c(c3)c3ccccc3c3c5ccc(N(c6ccccc6)c6ccccc6)cc5sc43)cc2)cc1. The van der Waals surface area contributed by atoms with Gasteiger partial charge in [0.15, 0.2) is 0 Å². The number of hydrogen-bond donors (Lipinski definition) is 0. The maximum Gasteiger partial charge on any atom is 0.0540 e. The molecule has 0 unspecified atom stereocenters. The first-order valence-corrected chi connectivity index (χ1v) is 20.9. The van der Waals surface area contributed by atoms with Gasteiger partial charge in [-0.25, -0.2) is 0 Å². The van der Waals surface area contributed by atoms with Gasteiger partial charge < -0.3 is 9.80 Å². The molecule has 0 bridgehead atoms. The summed E-state index contributed by atoms with van der Waals surface area (Å²) in [4.78, 5) is 4.71. The van der Waals surface area contributed by atoms with E-state index in [9.17, 15) is 0 Å². The molecule has 11 aromatic rings. The highest BCUT2D eigenvalue weighted by molar-refractivity contribution is 7.27. The van der Waals surface area contributed by atoms with Crippen molar-refractivity contribution in [1.82, 2.24) is 0 Å². The molecule has 0 amide bonds. The Bertz CT molecular complexity index is 3210. The van der Waals surface area contributed by atoms with Crippen molar-refractivity contribution in [2.75, 3.05) is 9.80 Å². The molecule has 0 aliphatic carbocycles. The fourth-order valence-corrected chi connectivity index (χ4v) is 9.99. The van der Waals surface area contributed by atoms with Crippen LogP contribution in [0.1, 0.15) is 0 Å². The highest BCUT2D eigenvalue weighted by Crippen LogP contribution is 2.47. The minimum absolute atomic E-state index is 1.11. The summed E-state index contributed by atoms with van der Waals surface area (Å²) >= 11 is 1.90. The van der Waals surface area contributed by atoms with Gasteiger partial charge in [-0.15, -0.1) is 11.3 Å². The van der Waals surface area contributed by atoms with Crippen molar-refractivity contribution in [1.29, 1.82) is 0 Å². The number of anilines is 6. The van der Waals surface area contributed by atoms with Gasteiger partial charge in [0.05, 0.1) is 5.69 Å². The molecule has 0 atom stereocenters. The van der Waals surface area contributed by atoms with Crippen LogP contribution < -0.4 is 9.80 Å². The van der Waals surface area contributed by atoms with Gasteiger partial charge in [-0.3, -0.25) is 0 Å². The normalized spacial score (nSPS) is 11.4. The van der Waals surface area contributed by atoms with Gasteiger partial charge in [-0.1, -0.05) is 158 Å². The Morgan fingerprint density at radius 3 is 1.47 bits per heavy atom. The van der Waals surface area contributed by atoms with E-state index in [4.69, 9.17) is 0 Å². The molecule has 0 spiro atoms. The Hall–Kier alpha value is -7.46. The third-order valence-electron chi connectivity index (χ3n) is 11.4. The Labute approximate surface area is 348 Å². The van der Waals surface area contributed by atoms with Crippen LogP contribution in [0.4, 0.5) is 34.1 Å². The van der Waals surface area contributed by atoms with E-state index in [-0.39, 0.29) is 0 Å². The summed E-state index contributed by atoms with van der Waals surface area (Å²) in [5, 5.41) is 7.76. The second-order valence-corrected chi connectivity index (χ2v) is 16.0. The number of rotatable bonds is 8. The van der Waals surface area contributed by atoms with Gasteiger partial charge in [0.2, 0.25) is 0 Å². The summed E-state index contributed by atoms with van der Waals surface area (Å²) in [5.41, 5.74) is 11.6. The first kappa shape index (κ1) is 34.8. The molecular formula is C56H38N2S. The highest BCUT2D eigenvalue weighted by atomic mass is 32.1. The van der Waals surface area contributed by atoms with Crippen molar-refractivity contribution in [3.8, 4) is 22.3 Å². The summed E-state index contributed by atoms with van der Waals surface area (Å²) < 4.78 is 2.61. The number of benzene rings is 10. The van der Waals surface area contributed by atoms with Crippen molar-refractivity contribution in [2.24, 2.45) is 0 Å². The Morgan fingerprint density at radius 2 is 0.797 bits per heavy atom. The number of para-hydroxylation sites is 4. The fourth-order valence-electron chi connectivity index (χ4n) is 8.70. The molecule has 0 fully saturated rings. The number of fused-ring (bicyclic) bond motifs is 8. The first-order chi connectivity index (χ1) is 29.3. The zero-order valence-corrected chi connectivity index (χ0v) is 33.1. The van der Waals surface area contributed by atoms with E-state index in [0.29, 0.717) is 0 Å². The van der Waals surface area contributed by atoms with Crippen LogP contribution in [0.3, 0.4) is 0 Å². The van der Waals surface area contributed by atoms with Crippen LogP contribution >= 0.6 is 11.3 Å². The minimum atomic E-state index is 1.11. The molecule has 10 aromatic carbocycles. The molecule has 59 heavy (non-hydrogen) atoms. The second kappa shape index (κ2) is 14.8. The lowest BCUT2D eigenvalue weighted by molar-refractivity contribution is 1.28. The van der Waals surface area contributed by atoms with Crippen LogP contribution in [-0.2, 0) is 0 Å². The first-order valence-electron chi connectivity index (χ1n) is 20.1. The monoisotopic (exact) mass is 770 g/mol. The standard InChI is InChI=1S/C56H38N2S/c1-5-17-40(18-6-1)47-25-15-16-28-53(47)58(44-23-11-4-12-24-44)45-32-29-39(30-33-45)41-31-35-50-52(37-41)48-26-13-14-27-49(48)55-51-36-34-46(38-54(51)59-56(50)55)57(42-19-7-2-8-20-42)43-21-9-3-10-22-43/h1-38H. The van der Waals surface area contributed by atoms with E-state index in [1.807, 2.05) is 11.3 Å². The third kappa shape index (κ3) is 6.20. The molecule has 278 valence electrons. The molecule has 0 saturated heterocycles. The molecule has 1 heterocycles. The molecule has 0 saturated carbocycles. The van der Waals surface area contributed by atoms with Gasteiger partial charge in [-0.2, -0.15) is 0 Å². The summed E-state index contributed by atoms with van der Waals surface area (Å²) in [7, 11) is 0. The van der Waals surface area contributed by atoms with Crippen molar-refractivity contribution in [3.05, 3.63) is 231 Å². The average Bonchev–Trinajstić information content (AvgIpc) is 3.70. The highest BCUT2D eigenvalue weighted by Gasteiger charge is 2.20. The fraction of sp³-hybridized carbons (Fsp3) is 0. The lowest BCUT2D eigenvalue weighted by atomic mass is 9.94. The molecule has 11 rings (SSSR count). The summed E-state index contributed by atoms with van der Waals surface area (Å²) in [6, 6.07) is 83.3. The van der Waals surface area contributed by atoms with E-state index in [0.717, 1.165) is 34.1 Å². The Balaban J connectivity index is 1.02. The molecule has 0 N–H and O–H groups in total. The Morgan fingerprint density at radius 1 is 0.288 bits per heavy atom. The number of hydrogen-bond acceptors (Lipinski definition) is 3. The third-order valence-corrected chi connectivity index (χ3v) is 12.6. The van der Waals surface area contributed by atoms with Gasteiger partial charge in [0.1, 0.15) is 0 Å². The van der Waals surface area contributed by atoms with Crippen molar-refractivity contribution in [3.63, 3.8) is 0 Å². The largest absolute Gasteiger partial charge is 0.310 e. The molecule has 1 aromatic heterocycles. The maximum atomic E-state index is 2.40. The van der Waals surface area contributed by atoms with E-state index in [1.54, 1.807) is 0 Å². The average molecular weight is 771 g/mol. The van der Waals surface area contributed by atoms with E-state index in [1.165, 1.54) is 64.0 Å². The number of nitrogens with zero attached hydrogens (tertiary/aromatic N) is 2. The van der Waals surface area contributed by atoms with Gasteiger partial charge in [-0.05, 0) is 106 Å². The lowest BCUT2D eigenvalue weighted by Crippen LogP contribution is -2.11.